The van der Waals surface area contributed by atoms with E-state index in [1.54, 1.807) is 11.8 Å². The van der Waals surface area contributed by atoms with Crippen molar-refractivity contribution in [3.05, 3.63) is 0 Å². The van der Waals surface area contributed by atoms with Gasteiger partial charge in [0.2, 0.25) is 5.91 Å². The summed E-state index contributed by atoms with van der Waals surface area (Å²) in [6.07, 6.45) is 1.68. The molecule has 2 atom stereocenters. The fourth-order valence-corrected chi connectivity index (χ4v) is 1.83. The van der Waals surface area contributed by atoms with Crippen LogP contribution in [0.25, 0.3) is 0 Å². The van der Waals surface area contributed by atoms with Gasteiger partial charge in [0.1, 0.15) is 12.8 Å². The van der Waals surface area contributed by atoms with Gasteiger partial charge in [0.25, 0.3) is 0 Å². The molecule has 1 aliphatic heterocycles. The molecule has 0 aliphatic carbocycles. The van der Waals surface area contributed by atoms with Crippen molar-refractivity contribution in [2.75, 3.05) is 19.6 Å². The van der Waals surface area contributed by atoms with Gasteiger partial charge < -0.3 is 14.9 Å². The van der Waals surface area contributed by atoms with Crippen molar-refractivity contribution in [1.82, 2.24) is 9.96 Å². The molecular formula is C10H18N2O3. The Morgan fingerprint density at radius 2 is 2.33 bits per heavy atom. The third kappa shape index (κ3) is 2.76. The summed E-state index contributed by atoms with van der Waals surface area (Å²) in [6, 6.07) is -0.317. The zero-order valence-corrected chi connectivity index (χ0v) is 9.22. The molecule has 0 bridgehead atoms. The molecule has 0 aromatic heterocycles. The third-order valence-corrected chi connectivity index (χ3v) is 2.91. The number of hydrogen-bond donors (Lipinski definition) is 1. The Hall–Kier alpha value is -0.940. The Morgan fingerprint density at radius 1 is 1.67 bits per heavy atom. The summed E-state index contributed by atoms with van der Waals surface area (Å²) in [5, 5.41) is 10.2. The molecule has 5 nitrogen and oxygen atoms in total. The molecule has 5 heteroatoms. The van der Waals surface area contributed by atoms with Gasteiger partial charge in [0.05, 0.1) is 6.04 Å². The molecule has 1 fully saturated rings. The van der Waals surface area contributed by atoms with Crippen LogP contribution in [0.3, 0.4) is 0 Å². The number of hydroxylamine groups is 2. The van der Waals surface area contributed by atoms with Gasteiger partial charge >= 0.3 is 0 Å². The topological polar surface area (TPSA) is 60.9 Å². The van der Waals surface area contributed by atoms with E-state index in [0.29, 0.717) is 13.1 Å². The van der Waals surface area contributed by atoms with Crippen LogP contribution in [-0.4, -0.2) is 53.0 Å². The van der Waals surface area contributed by atoms with Crippen LogP contribution in [0.2, 0.25) is 0 Å². The Labute approximate surface area is 89.6 Å². The molecule has 1 N–H and O–H groups in total. The van der Waals surface area contributed by atoms with Crippen LogP contribution in [0.4, 0.5) is 0 Å². The molecule has 1 rings (SSSR count). The fourth-order valence-electron chi connectivity index (χ4n) is 1.83. The maximum atomic E-state index is 11.7. The minimum absolute atomic E-state index is 0.0342. The number of carbonyl (C=O) groups is 2. The number of carbonyl (C=O) groups excluding carboxylic acids is 2. The standard InChI is InChI=1S/C10H18N2O3/c1-3-11(15)6-10(14)12-5-4-8(2)9(12)7-13/h7-9,15H,3-6H2,1-2H3. The zero-order valence-electron chi connectivity index (χ0n) is 9.22. The Morgan fingerprint density at radius 3 is 2.87 bits per heavy atom. The van der Waals surface area contributed by atoms with E-state index in [-0.39, 0.29) is 24.4 Å². The highest BCUT2D eigenvalue weighted by Crippen LogP contribution is 2.22. The lowest BCUT2D eigenvalue weighted by atomic mass is 10.0. The van der Waals surface area contributed by atoms with Crippen molar-refractivity contribution in [3.8, 4) is 0 Å². The normalized spacial score (nSPS) is 26.0. The van der Waals surface area contributed by atoms with Gasteiger partial charge in [0.15, 0.2) is 0 Å². The number of amides is 1. The molecular weight excluding hydrogens is 196 g/mol. The molecule has 1 heterocycles. The lowest BCUT2D eigenvalue weighted by molar-refractivity contribution is -0.148. The maximum absolute atomic E-state index is 11.7. The minimum atomic E-state index is -0.317. The van der Waals surface area contributed by atoms with E-state index in [9.17, 15) is 14.8 Å². The van der Waals surface area contributed by atoms with Crippen molar-refractivity contribution in [2.24, 2.45) is 5.92 Å². The van der Waals surface area contributed by atoms with Gasteiger partial charge in [-0.05, 0) is 12.3 Å². The van der Waals surface area contributed by atoms with Crippen molar-refractivity contribution in [3.63, 3.8) is 0 Å². The van der Waals surface area contributed by atoms with E-state index in [1.807, 2.05) is 6.92 Å². The van der Waals surface area contributed by atoms with E-state index in [2.05, 4.69) is 0 Å². The number of nitrogens with zero attached hydrogens (tertiary/aromatic N) is 2. The molecule has 0 radical (unpaired) electrons. The molecule has 86 valence electrons. The molecule has 0 spiro atoms. The first kappa shape index (κ1) is 12.1. The average molecular weight is 214 g/mol. The predicted octanol–water partition coefficient (Wildman–Crippen LogP) is 0.133. The van der Waals surface area contributed by atoms with Gasteiger partial charge in [-0.1, -0.05) is 13.8 Å². The van der Waals surface area contributed by atoms with E-state index < -0.39 is 0 Å². The molecule has 2 unspecified atom stereocenters. The highest BCUT2D eigenvalue weighted by Gasteiger charge is 2.34. The first-order valence-corrected chi connectivity index (χ1v) is 5.28. The van der Waals surface area contributed by atoms with E-state index >= 15 is 0 Å². The second kappa shape index (κ2) is 5.23. The highest BCUT2D eigenvalue weighted by atomic mass is 16.5. The summed E-state index contributed by atoms with van der Waals surface area (Å²) in [6.45, 7) is 4.70. The summed E-state index contributed by atoms with van der Waals surface area (Å²) >= 11 is 0. The Kier molecular flexibility index (Phi) is 4.23. The summed E-state index contributed by atoms with van der Waals surface area (Å²) in [5.74, 6) is 0.0426. The molecule has 1 amide bonds. The lowest BCUT2D eigenvalue weighted by Crippen LogP contribution is -2.43. The third-order valence-electron chi connectivity index (χ3n) is 2.91. The quantitative estimate of drug-likeness (QED) is 0.534. The fraction of sp³-hybridized carbons (Fsp3) is 0.800. The van der Waals surface area contributed by atoms with Crippen LogP contribution in [0, 0.1) is 5.92 Å². The number of aldehydes is 1. The number of likely N-dealkylation sites (N-methyl/N-ethyl adjacent to an activating group) is 1. The van der Waals surface area contributed by atoms with Crippen LogP contribution >= 0.6 is 0 Å². The van der Waals surface area contributed by atoms with Crippen LogP contribution in [-0.2, 0) is 9.59 Å². The first-order chi connectivity index (χ1) is 7.10. The summed E-state index contributed by atoms with van der Waals surface area (Å²) in [4.78, 5) is 24.1. The van der Waals surface area contributed by atoms with Gasteiger partial charge in [-0.3, -0.25) is 4.79 Å². The average Bonchev–Trinajstić information content (AvgIpc) is 2.59. The number of likely N-dealkylation sites (tertiary alicyclic amines) is 1. The maximum Gasteiger partial charge on any atom is 0.239 e. The second-order valence-electron chi connectivity index (χ2n) is 3.96. The predicted molar refractivity (Wildman–Crippen MR) is 54.4 cm³/mol. The Balaban J connectivity index is 2.56. The summed E-state index contributed by atoms with van der Waals surface area (Å²) in [5.41, 5.74) is 0. The molecule has 0 aromatic rings. The van der Waals surface area contributed by atoms with Crippen LogP contribution in [0.5, 0.6) is 0 Å². The van der Waals surface area contributed by atoms with Crippen LogP contribution < -0.4 is 0 Å². The SMILES string of the molecule is CCN(O)CC(=O)N1CCC(C)C1C=O. The smallest absolute Gasteiger partial charge is 0.239 e. The Bertz CT molecular complexity index is 245. The zero-order chi connectivity index (χ0) is 11.4. The van der Waals surface area contributed by atoms with Gasteiger partial charge in [-0.15, -0.1) is 0 Å². The van der Waals surface area contributed by atoms with E-state index in [0.717, 1.165) is 17.8 Å². The number of hydrogen-bond acceptors (Lipinski definition) is 4. The van der Waals surface area contributed by atoms with Crippen molar-refractivity contribution >= 4 is 12.2 Å². The molecule has 15 heavy (non-hydrogen) atoms. The van der Waals surface area contributed by atoms with Gasteiger partial charge in [-0.25, -0.2) is 0 Å². The lowest BCUT2D eigenvalue weighted by Gasteiger charge is -2.23. The molecule has 1 aliphatic rings. The summed E-state index contributed by atoms with van der Waals surface area (Å²) in [7, 11) is 0. The highest BCUT2D eigenvalue weighted by molar-refractivity contribution is 5.82. The second-order valence-corrected chi connectivity index (χ2v) is 3.96. The van der Waals surface area contributed by atoms with E-state index in [4.69, 9.17) is 0 Å². The minimum Gasteiger partial charge on any atom is -0.331 e. The summed E-state index contributed by atoms with van der Waals surface area (Å²) < 4.78 is 0. The van der Waals surface area contributed by atoms with Gasteiger partial charge in [0, 0.05) is 13.1 Å². The van der Waals surface area contributed by atoms with Crippen molar-refractivity contribution in [1.29, 1.82) is 0 Å². The van der Waals surface area contributed by atoms with Crippen molar-refractivity contribution in [2.45, 2.75) is 26.3 Å². The van der Waals surface area contributed by atoms with Gasteiger partial charge in [-0.2, -0.15) is 5.06 Å². The molecule has 0 aromatic carbocycles. The van der Waals surface area contributed by atoms with E-state index in [1.165, 1.54) is 0 Å². The number of rotatable bonds is 4. The molecule has 0 saturated carbocycles. The van der Waals surface area contributed by atoms with Crippen LogP contribution in [0.15, 0.2) is 0 Å². The monoisotopic (exact) mass is 214 g/mol. The van der Waals surface area contributed by atoms with Crippen LogP contribution in [0.1, 0.15) is 20.3 Å². The molecule has 1 saturated heterocycles. The largest absolute Gasteiger partial charge is 0.331 e. The van der Waals surface area contributed by atoms with Crippen molar-refractivity contribution < 1.29 is 14.8 Å². The first-order valence-electron chi connectivity index (χ1n) is 5.28.